The largest absolute Gasteiger partial charge is 0.188 e. The average molecular weight is 176 g/mol. The van der Waals surface area contributed by atoms with Gasteiger partial charge in [-0.15, -0.1) is 0 Å². The Morgan fingerprint density at radius 2 is 1.45 bits per heavy atom. The van der Waals surface area contributed by atoms with Gasteiger partial charge in [-0.05, 0) is 43.1 Å². The third kappa shape index (κ3) is 1.18. The lowest BCUT2D eigenvalue weighted by Gasteiger charge is -2.48. The van der Waals surface area contributed by atoms with Crippen LogP contribution in [0.5, 0.6) is 0 Å². The molecule has 64 valence electrons. The SMILES string of the molecule is FOC12CCC(S)(CC1)CC2. The van der Waals surface area contributed by atoms with Gasteiger partial charge < -0.3 is 0 Å². The highest BCUT2D eigenvalue weighted by molar-refractivity contribution is 7.81. The first-order chi connectivity index (χ1) is 5.18. The van der Waals surface area contributed by atoms with Crippen LogP contribution in [0.2, 0.25) is 0 Å². The quantitative estimate of drug-likeness (QED) is 0.604. The third-order valence-electron chi connectivity index (χ3n) is 3.30. The summed E-state index contributed by atoms with van der Waals surface area (Å²) in [4.78, 5) is 4.08. The maximum Gasteiger partial charge on any atom is 0.109 e. The second kappa shape index (κ2) is 2.36. The Kier molecular flexibility index (Phi) is 1.69. The summed E-state index contributed by atoms with van der Waals surface area (Å²) < 4.78 is 12.4. The molecular formula is C8H13FOS. The van der Waals surface area contributed by atoms with E-state index in [4.69, 9.17) is 0 Å². The van der Waals surface area contributed by atoms with E-state index < -0.39 is 5.60 Å². The molecule has 3 aliphatic carbocycles. The average Bonchev–Trinajstić information content (AvgIpc) is 2.07. The summed E-state index contributed by atoms with van der Waals surface area (Å²) >= 11 is 4.59. The molecule has 0 unspecified atom stereocenters. The fourth-order valence-corrected chi connectivity index (χ4v) is 2.58. The lowest BCUT2D eigenvalue weighted by Crippen LogP contribution is -2.47. The minimum absolute atomic E-state index is 0.209. The number of thiol groups is 1. The molecular weight excluding hydrogens is 163 g/mol. The highest BCUT2D eigenvalue weighted by Crippen LogP contribution is 2.51. The molecule has 0 aromatic rings. The van der Waals surface area contributed by atoms with Gasteiger partial charge in [-0.2, -0.15) is 17.6 Å². The molecule has 3 heteroatoms. The molecule has 0 radical (unpaired) electrons. The van der Waals surface area contributed by atoms with Crippen molar-refractivity contribution in [2.75, 3.05) is 0 Å². The van der Waals surface area contributed by atoms with Gasteiger partial charge in [0.25, 0.3) is 0 Å². The van der Waals surface area contributed by atoms with Crippen molar-refractivity contribution in [3.05, 3.63) is 0 Å². The maximum atomic E-state index is 12.2. The zero-order valence-electron chi connectivity index (χ0n) is 6.48. The van der Waals surface area contributed by atoms with Crippen LogP contribution in [0, 0.1) is 0 Å². The number of rotatable bonds is 1. The van der Waals surface area contributed by atoms with Crippen molar-refractivity contribution in [1.29, 1.82) is 0 Å². The highest BCUT2D eigenvalue weighted by atomic mass is 32.1. The van der Waals surface area contributed by atoms with Crippen molar-refractivity contribution < 1.29 is 9.47 Å². The molecule has 0 N–H and O–H groups in total. The van der Waals surface area contributed by atoms with E-state index >= 15 is 0 Å². The smallest absolute Gasteiger partial charge is 0.109 e. The second-order valence-corrected chi connectivity index (χ2v) is 4.93. The van der Waals surface area contributed by atoms with E-state index in [9.17, 15) is 4.53 Å². The number of hydrogen-bond donors (Lipinski definition) is 1. The Morgan fingerprint density at radius 1 is 1.00 bits per heavy atom. The van der Waals surface area contributed by atoms with Gasteiger partial charge in [-0.3, -0.25) is 0 Å². The van der Waals surface area contributed by atoms with Crippen molar-refractivity contribution >= 4 is 12.6 Å². The van der Waals surface area contributed by atoms with Crippen LogP contribution in [-0.2, 0) is 4.94 Å². The molecule has 0 aliphatic heterocycles. The molecule has 3 aliphatic rings. The first kappa shape index (κ1) is 7.87. The fourth-order valence-electron chi connectivity index (χ4n) is 2.25. The maximum absolute atomic E-state index is 12.2. The molecule has 0 atom stereocenters. The summed E-state index contributed by atoms with van der Waals surface area (Å²) in [6.45, 7) is 0. The molecule has 1 nitrogen and oxygen atoms in total. The number of halogens is 1. The fraction of sp³-hybridized carbons (Fsp3) is 1.00. The van der Waals surface area contributed by atoms with E-state index in [1.807, 2.05) is 0 Å². The molecule has 2 bridgehead atoms. The van der Waals surface area contributed by atoms with Crippen LogP contribution in [-0.4, -0.2) is 10.3 Å². The lowest BCUT2D eigenvalue weighted by molar-refractivity contribution is -0.261. The number of hydrogen-bond acceptors (Lipinski definition) is 2. The normalized spacial score (nSPS) is 49.6. The van der Waals surface area contributed by atoms with E-state index in [1.165, 1.54) is 0 Å². The van der Waals surface area contributed by atoms with E-state index in [-0.39, 0.29) is 4.75 Å². The molecule has 0 aromatic heterocycles. The third-order valence-corrected chi connectivity index (χ3v) is 3.97. The van der Waals surface area contributed by atoms with Gasteiger partial charge in [0.1, 0.15) is 5.60 Å². The van der Waals surface area contributed by atoms with Gasteiger partial charge in [0.15, 0.2) is 0 Å². The predicted octanol–water partition coefficient (Wildman–Crippen LogP) is 2.66. The summed E-state index contributed by atoms with van der Waals surface area (Å²) in [5, 5.41) is 0. The molecule has 0 heterocycles. The summed E-state index contributed by atoms with van der Waals surface area (Å²) in [5.41, 5.74) is -0.412. The van der Waals surface area contributed by atoms with Gasteiger partial charge in [-0.25, -0.2) is 0 Å². The molecule has 0 amide bonds. The molecule has 3 rings (SSSR count). The summed E-state index contributed by atoms with van der Waals surface area (Å²) in [6, 6.07) is 0. The minimum Gasteiger partial charge on any atom is -0.188 e. The van der Waals surface area contributed by atoms with E-state index in [0.29, 0.717) is 0 Å². The zero-order chi connectivity index (χ0) is 7.95. The van der Waals surface area contributed by atoms with E-state index in [0.717, 1.165) is 38.5 Å². The molecule has 0 aromatic carbocycles. The van der Waals surface area contributed by atoms with Gasteiger partial charge in [0.05, 0.1) is 0 Å². The van der Waals surface area contributed by atoms with Crippen LogP contribution in [0.15, 0.2) is 0 Å². The Bertz CT molecular complexity index is 147. The highest BCUT2D eigenvalue weighted by Gasteiger charge is 2.48. The molecule has 3 fully saturated rings. The van der Waals surface area contributed by atoms with Crippen molar-refractivity contribution in [3.8, 4) is 0 Å². The van der Waals surface area contributed by atoms with Crippen molar-refractivity contribution in [2.24, 2.45) is 0 Å². The first-order valence-corrected chi connectivity index (χ1v) is 4.65. The first-order valence-electron chi connectivity index (χ1n) is 4.20. The standard InChI is InChI=1S/C8H13FOS/c9-10-7-1-4-8(11,5-2-7)6-3-7/h11H,1-6H2. The van der Waals surface area contributed by atoms with Gasteiger partial charge in [0.2, 0.25) is 0 Å². The van der Waals surface area contributed by atoms with Crippen molar-refractivity contribution in [2.45, 2.75) is 48.9 Å². The molecule has 11 heavy (non-hydrogen) atoms. The van der Waals surface area contributed by atoms with Crippen LogP contribution >= 0.6 is 12.6 Å². The minimum atomic E-state index is -0.412. The Morgan fingerprint density at radius 3 is 1.82 bits per heavy atom. The van der Waals surface area contributed by atoms with Crippen molar-refractivity contribution in [3.63, 3.8) is 0 Å². The summed E-state index contributed by atoms with van der Waals surface area (Å²) in [6.07, 6.45) is 5.60. The Hall–Kier alpha value is 0.240. The molecule has 0 saturated heterocycles. The number of fused-ring (bicyclic) bond motifs is 3. The second-order valence-electron chi connectivity index (χ2n) is 3.98. The van der Waals surface area contributed by atoms with Gasteiger partial charge in [0, 0.05) is 4.75 Å². The zero-order valence-corrected chi connectivity index (χ0v) is 7.37. The van der Waals surface area contributed by atoms with Crippen LogP contribution in [0.25, 0.3) is 0 Å². The van der Waals surface area contributed by atoms with Crippen LogP contribution in [0.1, 0.15) is 38.5 Å². The molecule has 3 saturated carbocycles. The molecule has 0 spiro atoms. The summed E-state index contributed by atoms with van der Waals surface area (Å²) in [7, 11) is 0. The van der Waals surface area contributed by atoms with Crippen molar-refractivity contribution in [1.82, 2.24) is 0 Å². The lowest BCUT2D eigenvalue weighted by atomic mass is 9.67. The summed E-state index contributed by atoms with van der Waals surface area (Å²) in [5.74, 6) is 0. The monoisotopic (exact) mass is 176 g/mol. The Balaban J connectivity index is 2.12. The van der Waals surface area contributed by atoms with Crippen LogP contribution in [0.4, 0.5) is 4.53 Å². The Labute approximate surface area is 71.6 Å². The van der Waals surface area contributed by atoms with Gasteiger partial charge in [-0.1, -0.05) is 0 Å². The topological polar surface area (TPSA) is 9.23 Å². The van der Waals surface area contributed by atoms with Crippen LogP contribution in [0.3, 0.4) is 0 Å². The van der Waals surface area contributed by atoms with E-state index in [2.05, 4.69) is 17.6 Å². The predicted molar refractivity (Wildman–Crippen MR) is 44.3 cm³/mol. The van der Waals surface area contributed by atoms with E-state index in [1.54, 1.807) is 0 Å². The van der Waals surface area contributed by atoms with Gasteiger partial charge >= 0.3 is 0 Å². The van der Waals surface area contributed by atoms with Crippen LogP contribution < -0.4 is 0 Å².